The Morgan fingerprint density at radius 1 is 1.42 bits per heavy atom. The van der Waals surface area contributed by atoms with E-state index >= 15 is 0 Å². The number of carbonyl (C=O) groups is 1. The second kappa shape index (κ2) is 5.30. The van der Waals surface area contributed by atoms with E-state index in [4.69, 9.17) is 0 Å². The zero-order chi connectivity index (χ0) is 13.2. The van der Waals surface area contributed by atoms with Crippen LogP contribution in [0.2, 0.25) is 0 Å². The summed E-state index contributed by atoms with van der Waals surface area (Å²) in [4.78, 5) is 12.9. The number of nitrogens with zero attached hydrogens (tertiary/aromatic N) is 1. The number of amides is 1. The summed E-state index contributed by atoms with van der Waals surface area (Å²) in [6.07, 6.45) is 0.411. The molecule has 1 aromatic carbocycles. The molecular formula is C13H10IN3OS. The first-order valence-electron chi connectivity index (χ1n) is 5.68. The molecule has 2 aromatic heterocycles. The average Bonchev–Trinajstić information content (AvgIpc) is 3.00. The van der Waals surface area contributed by atoms with Gasteiger partial charge < -0.3 is 5.32 Å². The number of nitrogens with one attached hydrogen (secondary N) is 2. The first-order valence-corrected chi connectivity index (χ1v) is 7.64. The largest absolute Gasteiger partial charge is 0.326 e. The molecular weight excluding hydrogens is 373 g/mol. The van der Waals surface area contributed by atoms with Gasteiger partial charge in [-0.2, -0.15) is 5.10 Å². The minimum Gasteiger partial charge on any atom is -0.326 e. The molecule has 4 nitrogen and oxygen atoms in total. The van der Waals surface area contributed by atoms with E-state index in [1.807, 2.05) is 35.7 Å². The van der Waals surface area contributed by atoms with Crippen LogP contribution in [-0.2, 0) is 11.2 Å². The second-order valence-corrected chi connectivity index (χ2v) is 6.18. The fraction of sp³-hybridized carbons (Fsp3) is 0.0769. The van der Waals surface area contributed by atoms with E-state index in [1.54, 1.807) is 11.3 Å². The summed E-state index contributed by atoms with van der Waals surface area (Å²) in [5.41, 5.74) is 1.63. The van der Waals surface area contributed by atoms with Gasteiger partial charge >= 0.3 is 0 Å². The number of aromatic amines is 1. The summed E-state index contributed by atoms with van der Waals surface area (Å²) < 4.78 is 1.00. The molecule has 2 N–H and O–H groups in total. The number of carbonyl (C=O) groups excluding carboxylic acids is 1. The van der Waals surface area contributed by atoms with Crippen LogP contribution in [0.15, 0.2) is 35.7 Å². The van der Waals surface area contributed by atoms with Crippen LogP contribution in [0.3, 0.4) is 0 Å². The molecule has 3 aromatic rings. The van der Waals surface area contributed by atoms with Gasteiger partial charge in [-0.3, -0.25) is 9.89 Å². The maximum Gasteiger partial charge on any atom is 0.229 e. The van der Waals surface area contributed by atoms with Crippen molar-refractivity contribution in [2.45, 2.75) is 6.42 Å². The van der Waals surface area contributed by atoms with Gasteiger partial charge in [0.05, 0.1) is 11.9 Å². The highest BCUT2D eigenvalue weighted by atomic mass is 127. The number of anilines is 1. The Balaban J connectivity index is 1.75. The molecule has 0 fully saturated rings. The predicted octanol–water partition coefficient (Wildman–Crippen LogP) is 3.41. The van der Waals surface area contributed by atoms with Gasteiger partial charge in [0.15, 0.2) is 0 Å². The smallest absolute Gasteiger partial charge is 0.229 e. The first-order chi connectivity index (χ1) is 9.22. The number of H-pyrrole nitrogens is 1. The molecule has 0 aliphatic rings. The zero-order valence-corrected chi connectivity index (χ0v) is 12.8. The number of benzene rings is 1. The van der Waals surface area contributed by atoms with E-state index in [0.717, 1.165) is 25.2 Å². The quantitative estimate of drug-likeness (QED) is 0.682. The highest BCUT2D eigenvalue weighted by Crippen LogP contribution is 2.21. The molecule has 0 spiro atoms. The SMILES string of the molecule is O=C(Cc1cccs1)Nc1ccc2c(I)[nH]nc2c1. The van der Waals surface area contributed by atoms with E-state index in [-0.39, 0.29) is 5.91 Å². The third-order valence-corrected chi connectivity index (χ3v) is 4.41. The molecule has 0 aliphatic carbocycles. The fourth-order valence-electron chi connectivity index (χ4n) is 1.83. The van der Waals surface area contributed by atoms with Crippen molar-refractivity contribution in [2.24, 2.45) is 0 Å². The van der Waals surface area contributed by atoms with Crippen molar-refractivity contribution in [2.75, 3.05) is 5.32 Å². The van der Waals surface area contributed by atoms with Gasteiger partial charge in [-0.15, -0.1) is 11.3 Å². The Labute approximate surface area is 127 Å². The Bertz CT molecular complexity index is 721. The lowest BCUT2D eigenvalue weighted by atomic mass is 10.2. The van der Waals surface area contributed by atoms with Gasteiger partial charge in [-0.1, -0.05) is 6.07 Å². The summed E-state index contributed by atoms with van der Waals surface area (Å²) >= 11 is 3.79. The van der Waals surface area contributed by atoms with Crippen molar-refractivity contribution < 1.29 is 4.79 Å². The Kier molecular flexibility index (Phi) is 3.52. The van der Waals surface area contributed by atoms with Crippen LogP contribution in [0.25, 0.3) is 10.9 Å². The van der Waals surface area contributed by atoms with Crippen LogP contribution in [0.5, 0.6) is 0 Å². The fourth-order valence-corrected chi connectivity index (χ4v) is 3.11. The van der Waals surface area contributed by atoms with Crippen molar-refractivity contribution in [1.82, 2.24) is 10.2 Å². The molecule has 96 valence electrons. The summed E-state index contributed by atoms with van der Waals surface area (Å²) in [5, 5.41) is 13.0. The van der Waals surface area contributed by atoms with E-state index in [0.29, 0.717) is 6.42 Å². The Morgan fingerprint density at radius 2 is 2.32 bits per heavy atom. The molecule has 3 rings (SSSR count). The van der Waals surface area contributed by atoms with Crippen molar-refractivity contribution in [3.63, 3.8) is 0 Å². The van der Waals surface area contributed by atoms with Gasteiger partial charge in [0.2, 0.25) is 5.91 Å². The molecule has 0 unspecified atom stereocenters. The second-order valence-electron chi connectivity index (χ2n) is 4.07. The van der Waals surface area contributed by atoms with E-state index in [9.17, 15) is 4.79 Å². The minimum absolute atomic E-state index is 0.00738. The number of hydrogen-bond donors (Lipinski definition) is 2. The van der Waals surface area contributed by atoms with Crippen molar-refractivity contribution in [3.8, 4) is 0 Å². The third-order valence-electron chi connectivity index (χ3n) is 2.71. The van der Waals surface area contributed by atoms with Gasteiger partial charge in [0, 0.05) is 16.0 Å². The van der Waals surface area contributed by atoms with Crippen molar-refractivity contribution >= 4 is 56.4 Å². The lowest BCUT2D eigenvalue weighted by Crippen LogP contribution is -2.13. The molecule has 0 saturated heterocycles. The molecule has 6 heteroatoms. The first kappa shape index (κ1) is 12.6. The normalized spacial score (nSPS) is 10.8. The molecule has 19 heavy (non-hydrogen) atoms. The van der Waals surface area contributed by atoms with Crippen molar-refractivity contribution in [1.29, 1.82) is 0 Å². The van der Waals surface area contributed by atoms with Crippen LogP contribution in [0.4, 0.5) is 5.69 Å². The molecule has 0 saturated carbocycles. The number of hydrogen-bond acceptors (Lipinski definition) is 3. The Morgan fingerprint density at radius 3 is 3.11 bits per heavy atom. The van der Waals surface area contributed by atoms with E-state index in [1.165, 1.54) is 0 Å². The molecule has 0 atom stereocenters. The standard InChI is InChI=1S/C13H10IN3OS/c14-13-10-4-3-8(6-11(10)16-17-13)15-12(18)7-9-2-1-5-19-9/h1-6H,7H2,(H,15,18)(H,16,17). The molecule has 0 radical (unpaired) electrons. The van der Waals surface area contributed by atoms with Gasteiger partial charge in [0.1, 0.15) is 3.70 Å². The van der Waals surface area contributed by atoms with Gasteiger partial charge in [-0.25, -0.2) is 0 Å². The molecule has 0 aliphatic heterocycles. The van der Waals surface area contributed by atoms with Crippen LogP contribution in [0, 0.1) is 3.70 Å². The zero-order valence-electron chi connectivity index (χ0n) is 9.81. The predicted molar refractivity (Wildman–Crippen MR) is 85.5 cm³/mol. The molecule has 2 heterocycles. The summed E-state index contributed by atoms with van der Waals surface area (Å²) in [6, 6.07) is 9.64. The maximum absolute atomic E-state index is 11.9. The van der Waals surface area contributed by atoms with Crippen LogP contribution < -0.4 is 5.32 Å². The highest BCUT2D eigenvalue weighted by Gasteiger charge is 2.07. The molecule has 0 bridgehead atoms. The minimum atomic E-state index is -0.00738. The summed E-state index contributed by atoms with van der Waals surface area (Å²) in [5.74, 6) is -0.00738. The lowest BCUT2D eigenvalue weighted by molar-refractivity contribution is -0.115. The van der Waals surface area contributed by atoms with Gasteiger partial charge in [0.25, 0.3) is 0 Å². The number of rotatable bonds is 3. The van der Waals surface area contributed by atoms with Crippen LogP contribution in [-0.4, -0.2) is 16.1 Å². The maximum atomic E-state index is 11.9. The van der Waals surface area contributed by atoms with E-state index in [2.05, 4.69) is 38.1 Å². The number of halogens is 1. The topological polar surface area (TPSA) is 57.8 Å². The lowest BCUT2D eigenvalue weighted by Gasteiger charge is -2.04. The van der Waals surface area contributed by atoms with Gasteiger partial charge in [-0.05, 0) is 52.2 Å². The number of fused-ring (bicyclic) bond motifs is 1. The Hall–Kier alpha value is -1.41. The van der Waals surface area contributed by atoms with Crippen molar-refractivity contribution in [3.05, 3.63) is 44.3 Å². The third kappa shape index (κ3) is 2.79. The highest BCUT2D eigenvalue weighted by molar-refractivity contribution is 14.1. The summed E-state index contributed by atoms with van der Waals surface area (Å²) in [6.45, 7) is 0. The number of thiophene rings is 1. The monoisotopic (exact) mass is 383 g/mol. The average molecular weight is 383 g/mol. The number of aromatic nitrogens is 2. The summed E-state index contributed by atoms with van der Waals surface area (Å²) in [7, 11) is 0. The molecule has 1 amide bonds. The van der Waals surface area contributed by atoms with E-state index < -0.39 is 0 Å². The van der Waals surface area contributed by atoms with Crippen LogP contribution >= 0.6 is 33.9 Å². The van der Waals surface area contributed by atoms with Crippen LogP contribution in [0.1, 0.15) is 4.88 Å².